The van der Waals surface area contributed by atoms with Crippen molar-refractivity contribution < 1.29 is 4.79 Å². The van der Waals surface area contributed by atoms with Crippen LogP contribution in [-0.4, -0.2) is 20.8 Å². The summed E-state index contributed by atoms with van der Waals surface area (Å²) < 4.78 is 1.64. The van der Waals surface area contributed by atoms with Crippen molar-refractivity contribution in [1.82, 2.24) is 15.4 Å². The van der Waals surface area contributed by atoms with Gasteiger partial charge in [0.25, 0.3) is 5.91 Å². The summed E-state index contributed by atoms with van der Waals surface area (Å²) in [5.41, 5.74) is 7.38. The number of nitrogens with one attached hydrogen (secondary N) is 3. The molecule has 1 aliphatic heterocycles. The highest BCUT2D eigenvalue weighted by molar-refractivity contribution is 8.00. The SMILES string of the molecule is O=C(Cn1c2c(sc1=O)C(c1ccc(Cl)cc1)C1C3CCC(C3)C1S2)NNC(=S)Nc1ccccc1. The Bertz CT molecular complexity index is 1360. The second kappa shape index (κ2) is 9.85. The molecule has 1 amide bonds. The third-order valence-corrected chi connectivity index (χ3v) is 10.9. The van der Waals surface area contributed by atoms with Gasteiger partial charge >= 0.3 is 4.87 Å². The molecule has 1 aromatic heterocycles. The fourth-order valence-corrected chi connectivity index (χ4v) is 9.57. The predicted molar refractivity (Wildman–Crippen MR) is 150 cm³/mol. The number of nitrogens with zero attached hydrogens (tertiary/aromatic N) is 1. The highest BCUT2D eigenvalue weighted by Crippen LogP contribution is 2.64. The van der Waals surface area contributed by atoms with Crippen LogP contribution in [0.3, 0.4) is 0 Å². The number of rotatable bonds is 4. The molecule has 2 bridgehead atoms. The molecule has 0 spiro atoms. The monoisotopic (exact) mass is 556 g/mol. The van der Waals surface area contributed by atoms with Gasteiger partial charge in [-0.15, -0.1) is 11.8 Å². The Kier molecular flexibility index (Phi) is 6.58. The van der Waals surface area contributed by atoms with Crippen LogP contribution in [0.4, 0.5) is 5.69 Å². The summed E-state index contributed by atoms with van der Waals surface area (Å²) in [6.07, 6.45) is 3.79. The quantitative estimate of drug-likeness (QED) is 0.302. The predicted octanol–water partition coefficient (Wildman–Crippen LogP) is 5.23. The van der Waals surface area contributed by atoms with E-state index in [9.17, 15) is 9.59 Å². The Labute approximate surface area is 227 Å². The number of thiazole rings is 1. The van der Waals surface area contributed by atoms with Gasteiger partial charge < -0.3 is 5.32 Å². The molecule has 10 heteroatoms. The second-order valence-electron chi connectivity index (χ2n) is 9.64. The molecule has 5 atom stereocenters. The molecule has 0 saturated heterocycles. The normalized spacial score (nSPS) is 25.6. The maximum absolute atomic E-state index is 13.2. The number of amides is 1. The van der Waals surface area contributed by atoms with Gasteiger partial charge in [-0.1, -0.05) is 53.3 Å². The topological polar surface area (TPSA) is 75.2 Å². The van der Waals surface area contributed by atoms with Crippen molar-refractivity contribution in [3.05, 3.63) is 79.7 Å². The van der Waals surface area contributed by atoms with Crippen molar-refractivity contribution in [2.24, 2.45) is 17.8 Å². The van der Waals surface area contributed by atoms with E-state index in [-0.39, 0.29) is 28.4 Å². The zero-order valence-corrected chi connectivity index (χ0v) is 22.5. The third kappa shape index (κ3) is 4.47. The molecule has 3 N–H and O–H groups in total. The molecule has 0 radical (unpaired) electrons. The van der Waals surface area contributed by atoms with Crippen LogP contribution in [0.15, 0.2) is 64.4 Å². The van der Waals surface area contributed by atoms with Crippen LogP contribution in [-0.2, 0) is 11.3 Å². The van der Waals surface area contributed by atoms with Crippen LogP contribution in [0, 0.1) is 17.8 Å². The van der Waals surface area contributed by atoms with Crippen LogP contribution >= 0.6 is 46.9 Å². The van der Waals surface area contributed by atoms with Crippen LogP contribution < -0.4 is 21.0 Å². The van der Waals surface area contributed by atoms with Crippen LogP contribution in [0.2, 0.25) is 5.02 Å². The molecule has 5 unspecified atom stereocenters. The fraction of sp³-hybridized carbons (Fsp3) is 0.346. The van der Waals surface area contributed by atoms with E-state index in [1.807, 2.05) is 54.2 Å². The van der Waals surface area contributed by atoms with Crippen LogP contribution in [0.5, 0.6) is 0 Å². The van der Waals surface area contributed by atoms with Gasteiger partial charge in [0.15, 0.2) is 5.11 Å². The lowest BCUT2D eigenvalue weighted by Gasteiger charge is -2.40. The molecule has 2 heterocycles. The summed E-state index contributed by atoms with van der Waals surface area (Å²) in [6, 6.07) is 17.5. The molecule has 2 aromatic carbocycles. The number of aromatic nitrogens is 1. The standard InChI is InChI=1S/C26H25ClN4O2S3/c27-17-10-8-14(9-11-17)20-21-15-6-7-16(12-15)22(21)35-24-23(20)36-26(33)31(24)13-19(32)29-30-25(34)28-18-4-2-1-3-5-18/h1-5,8-11,15-16,20-22H,6-7,12-13H2,(H,29,32)(H2,28,30,34). The van der Waals surface area contributed by atoms with E-state index >= 15 is 0 Å². The lowest BCUT2D eigenvalue weighted by molar-refractivity contribution is -0.122. The first-order valence-electron chi connectivity index (χ1n) is 12.0. The van der Waals surface area contributed by atoms with E-state index in [2.05, 4.69) is 28.3 Å². The Morgan fingerprint density at radius 3 is 2.58 bits per heavy atom. The molecule has 6 nitrogen and oxygen atoms in total. The minimum Gasteiger partial charge on any atom is -0.331 e. The molecular formula is C26H25ClN4O2S3. The fourth-order valence-electron chi connectivity index (χ4n) is 6.12. The minimum atomic E-state index is -0.325. The van der Waals surface area contributed by atoms with Gasteiger partial charge in [0.2, 0.25) is 0 Å². The maximum atomic E-state index is 13.2. The Morgan fingerprint density at radius 2 is 1.81 bits per heavy atom. The molecule has 2 fully saturated rings. The second-order valence-corrected chi connectivity index (χ2v) is 12.6. The van der Waals surface area contributed by atoms with Gasteiger partial charge in [-0.05, 0) is 79.1 Å². The highest BCUT2D eigenvalue weighted by atomic mass is 35.5. The van der Waals surface area contributed by atoms with Gasteiger partial charge in [0, 0.05) is 26.8 Å². The molecule has 2 saturated carbocycles. The Balaban J connectivity index is 1.23. The summed E-state index contributed by atoms with van der Waals surface area (Å²) in [5, 5.41) is 5.41. The number of para-hydroxylation sites is 1. The first-order valence-corrected chi connectivity index (χ1v) is 14.5. The first-order chi connectivity index (χ1) is 17.5. The van der Waals surface area contributed by atoms with Gasteiger partial charge in [0.1, 0.15) is 6.54 Å². The number of carbonyl (C=O) groups is 1. The number of fused-ring (bicyclic) bond motifs is 6. The number of hydrogen-bond donors (Lipinski definition) is 3. The molecule has 36 heavy (non-hydrogen) atoms. The highest BCUT2D eigenvalue weighted by Gasteiger charge is 2.55. The number of halogens is 1. The van der Waals surface area contributed by atoms with E-state index in [0.29, 0.717) is 28.0 Å². The summed E-state index contributed by atoms with van der Waals surface area (Å²) in [4.78, 5) is 27.0. The van der Waals surface area contributed by atoms with Crippen LogP contribution in [0.25, 0.3) is 0 Å². The van der Waals surface area contributed by atoms with Crippen molar-refractivity contribution >= 4 is 63.6 Å². The summed E-state index contributed by atoms with van der Waals surface area (Å²) in [5.74, 6) is 1.73. The lowest BCUT2D eigenvalue weighted by Crippen LogP contribution is -2.45. The number of anilines is 1. The van der Waals surface area contributed by atoms with E-state index in [0.717, 1.165) is 15.6 Å². The molecule has 2 aliphatic carbocycles. The number of thioether (sulfide) groups is 1. The van der Waals surface area contributed by atoms with Crippen LogP contribution in [0.1, 0.15) is 35.6 Å². The largest absolute Gasteiger partial charge is 0.331 e. The van der Waals surface area contributed by atoms with Crippen molar-refractivity contribution in [2.45, 2.75) is 42.0 Å². The zero-order chi connectivity index (χ0) is 24.8. The van der Waals surface area contributed by atoms with Gasteiger partial charge in [0.05, 0.1) is 5.03 Å². The maximum Gasteiger partial charge on any atom is 0.308 e. The van der Waals surface area contributed by atoms with E-state index < -0.39 is 0 Å². The average molecular weight is 557 g/mol. The number of benzene rings is 2. The number of hydrogen-bond acceptors (Lipinski definition) is 5. The summed E-state index contributed by atoms with van der Waals surface area (Å²) in [7, 11) is 0. The van der Waals surface area contributed by atoms with E-state index in [1.165, 1.54) is 36.2 Å². The zero-order valence-electron chi connectivity index (χ0n) is 19.3. The molecule has 6 rings (SSSR count). The van der Waals surface area contributed by atoms with Gasteiger partial charge in [-0.3, -0.25) is 25.0 Å². The number of hydrazine groups is 1. The van der Waals surface area contributed by atoms with Crippen molar-refractivity contribution in [1.29, 1.82) is 0 Å². The Hall–Kier alpha value is -2.33. The summed E-state index contributed by atoms with van der Waals surface area (Å²) in [6.45, 7) is -0.0581. The molecule has 3 aromatic rings. The molecule has 3 aliphatic rings. The van der Waals surface area contributed by atoms with E-state index in [4.69, 9.17) is 23.8 Å². The minimum absolute atomic E-state index is 0.0581. The molecular weight excluding hydrogens is 532 g/mol. The smallest absolute Gasteiger partial charge is 0.308 e. The first kappa shape index (κ1) is 24.0. The summed E-state index contributed by atoms with van der Waals surface area (Å²) >= 11 is 14.6. The van der Waals surface area contributed by atoms with E-state index in [1.54, 1.807) is 4.57 Å². The van der Waals surface area contributed by atoms with Crippen molar-refractivity contribution in [2.75, 3.05) is 5.32 Å². The average Bonchev–Trinajstić information content (AvgIpc) is 3.57. The van der Waals surface area contributed by atoms with Gasteiger partial charge in [-0.2, -0.15) is 0 Å². The van der Waals surface area contributed by atoms with Gasteiger partial charge in [-0.25, -0.2) is 0 Å². The lowest BCUT2D eigenvalue weighted by atomic mass is 9.75. The molecule has 186 valence electrons. The number of carbonyl (C=O) groups excluding carboxylic acids is 1. The van der Waals surface area contributed by atoms with Crippen molar-refractivity contribution in [3.8, 4) is 0 Å². The van der Waals surface area contributed by atoms with Crippen molar-refractivity contribution in [3.63, 3.8) is 0 Å². The third-order valence-electron chi connectivity index (χ3n) is 7.57. The Morgan fingerprint density at radius 1 is 1.06 bits per heavy atom. The number of thiocarbonyl (C=S) groups is 1.